The maximum absolute atomic E-state index is 12.3. The third-order valence-corrected chi connectivity index (χ3v) is 2.69. The van der Waals surface area contributed by atoms with E-state index in [4.69, 9.17) is 9.84 Å². The molecule has 0 aromatic heterocycles. The third kappa shape index (κ3) is 3.46. The van der Waals surface area contributed by atoms with Crippen LogP contribution in [0.15, 0.2) is 27.1 Å². The van der Waals surface area contributed by atoms with Gasteiger partial charge in [0.25, 0.3) is 0 Å². The summed E-state index contributed by atoms with van der Waals surface area (Å²) in [5.41, 5.74) is 0. The molecule has 1 N–H and O–H groups in total. The SMILES string of the molecule is O=C(O)C(CF)Oc1ccc(Br)cc1Br. The largest absolute Gasteiger partial charge is 0.478 e. The smallest absolute Gasteiger partial charge is 0.347 e. The molecule has 3 nitrogen and oxygen atoms in total. The predicted molar refractivity (Wildman–Crippen MR) is 59.9 cm³/mol. The van der Waals surface area contributed by atoms with Crippen molar-refractivity contribution in [1.82, 2.24) is 0 Å². The van der Waals surface area contributed by atoms with Crippen LogP contribution in [-0.4, -0.2) is 23.9 Å². The van der Waals surface area contributed by atoms with Gasteiger partial charge in [0.1, 0.15) is 12.4 Å². The molecule has 15 heavy (non-hydrogen) atoms. The first-order valence-electron chi connectivity index (χ1n) is 3.95. The summed E-state index contributed by atoms with van der Waals surface area (Å²) in [6, 6.07) is 4.92. The molecule has 1 unspecified atom stereocenters. The second kappa shape index (κ2) is 5.46. The van der Waals surface area contributed by atoms with Crippen molar-refractivity contribution in [2.24, 2.45) is 0 Å². The summed E-state index contributed by atoms with van der Waals surface area (Å²) in [7, 11) is 0. The Balaban J connectivity index is 2.84. The van der Waals surface area contributed by atoms with Gasteiger partial charge in [-0.05, 0) is 34.1 Å². The first-order chi connectivity index (χ1) is 7.04. The van der Waals surface area contributed by atoms with Crippen LogP contribution in [0.2, 0.25) is 0 Å². The Kier molecular flexibility index (Phi) is 4.53. The van der Waals surface area contributed by atoms with Crippen LogP contribution in [0.5, 0.6) is 5.75 Å². The van der Waals surface area contributed by atoms with E-state index in [1.807, 2.05) is 0 Å². The molecule has 1 aromatic rings. The number of carboxylic acids is 1. The van der Waals surface area contributed by atoms with Crippen molar-refractivity contribution in [2.45, 2.75) is 6.10 Å². The molecule has 0 spiro atoms. The van der Waals surface area contributed by atoms with Gasteiger partial charge in [0.05, 0.1) is 4.47 Å². The highest BCUT2D eigenvalue weighted by molar-refractivity contribution is 9.11. The van der Waals surface area contributed by atoms with Crippen LogP contribution in [0, 0.1) is 0 Å². The Morgan fingerprint density at radius 1 is 1.53 bits per heavy atom. The van der Waals surface area contributed by atoms with Crippen LogP contribution in [0.3, 0.4) is 0 Å². The summed E-state index contributed by atoms with van der Waals surface area (Å²) in [6.07, 6.45) is -1.47. The van der Waals surface area contributed by atoms with Crippen LogP contribution in [0.4, 0.5) is 4.39 Å². The first-order valence-corrected chi connectivity index (χ1v) is 5.53. The normalized spacial score (nSPS) is 12.2. The fourth-order valence-corrected chi connectivity index (χ4v) is 2.01. The van der Waals surface area contributed by atoms with Crippen molar-refractivity contribution >= 4 is 37.8 Å². The van der Waals surface area contributed by atoms with Gasteiger partial charge in [0.15, 0.2) is 0 Å². The van der Waals surface area contributed by atoms with E-state index in [9.17, 15) is 9.18 Å². The molecule has 0 heterocycles. The first kappa shape index (κ1) is 12.4. The average Bonchev–Trinajstić information content (AvgIpc) is 2.16. The summed E-state index contributed by atoms with van der Waals surface area (Å²) in [5, 5.41) is 8.59. The Morgan fingerprint density at radius 3 is 2.67 bits per heavy atom. The van der Waals surface area contributed by atoms with Crippen LogP contribution in [0.25, 0.3) is 0 Å². The minimum absolute atomic E-state index is 0.295. The molecule has 0 bridgehead atoms. The lowest BCUT2D eigenvalue weighted by Crippen LogP contribution is -2.29. The van der Waals surface area contributed by atoms with Crippen molar-refractivity contribution in [3.8, 4) is 5.75 Å². The monoisotopic (exact) mass is 340 g/mol. The highest BCUT2D eigenvalue weighted by Crippen LogP contribution is 2.29. The van der Waals surface area contributed by atoms with E-state index >= 15 is 0 Å². The molecule has 1 atom stereocenters. The topological polar surface area (TPSA) is 46.5 Å². The quantitative estimate of drug-likeness (QED) is 0.915. The van der Waals surface area contributed by atoms with Crippen LogP contribution < -0.4 is 4.74 Å². The molecule has 0 fully saturated rings. The van der Waals surface area contributed by atoms with Gasteiger partial charge >= 0.3 is 5.97 Å². The number of halogens is 3. The number of carbonyl (C=O) groups is 1. The number of ether oxygens (including phenoxy) is 1. The van der Waals surface area contributed by atoms with Crippen LogP contribution in [-0.2, 0) is 4.79 Å². The van der Waals surface area contributed by atoms with E-state index in [0.29, 0.717) is 10.2 Å². The summed E-state index contributed by atoms with van der Waals surface area (Å²) < 4.78 is 18.6. The Bertz CT molecular complexity index is 370. The third-order valence-electron chi connectivity index (χ3n) is 1.58. The summed E-state index contributed by atoms with van der Waals surface area (Å²) in [6.45, 7) is -1.07. The molecule has 0 aliphatic carbocycles. The zero-order valence-electron chi connectivity index (χ0n) is 7.41. The van der Waals surface area contributed by atoms with Gasteiger partial charge in [0.2, 0.25) is 6.10 Å². The lowest BCUT2D eigenvalue weighted by Gasteiger charge is -2.12. The molecule has 1 rings (SSSR count). The Hall–Kier alpha value is -0.620. The van der Waals surface area contributed by atoms with Crippen molar-refractivity contribution in [3.63, 3.8) is 0 Å². The van der Waals surface area contributed by atoms with E-state index < -0.39 is 18.7 Å². The lowest BCUT2D eigenvalue weighted by molar-refractivity contribution is -0.145. The summed E-state index contributed by atoms with van der Waals surface area (Å²) >= 11 is 6.42. The Labute approximate surface area is 102 Å². The highest BCUT2D eigenvalue weighted by atomic mass is 79.9. The molecule has 6 heteroatoms. The van der Waals surface area contributed by atoms with Crippen molar-refractivity contribution in [1.29, 1.82) is 0 Å². The molecule has 0 radical (unpaired) electrons. The lowest BCUT2D eigenvalue weighted by atomic mass is 10.3. The fraction of sp³-hybridized carbons (Fsp3) is 0.222. The number of hydrogen-bond donors (Lipinski definition) is 1. The van der Waals surface area contributed by atoms with Gasteiger partial charge < -0.3 is 9.84 Å². The number of benzene rings is 1. The molecule has 0 saturated carbocycles. The standard InChI is InChI=1S/C9H7Br2FO3/c10-5-1-2-7(6(11)3-5)15-8(4-12)9(13)14/h1-3,8H,4H2,(H,13,14). The molecular weight excluding hydrogens is 335 g/mol. The molecule has 0 amide bonds. The Morgan fingerprint density at radius 2 is 2.20 bits per heavy atom. The van der Waals surface area contributed by atoms with E-state index in [1.165, 1.54) is 0 Å². The van der Waals surface area contributed by atoms with Gasteiger partial charge in [-0.15, -0.1) is 0 Å². The maximum Gasteiger partial charge on any atom is 0.347 e. The zero-order valence-corrected chi connectivity index (χ0v) is 10.6. The zero-order chi connectivity index (χ0) is 11.4. The van der Waals surface area contributed by atoms with Gasteiger partial charge in [0, 0.05) is 4.47 Å². The predicted octanol–water partition coefficient (Wildman–Crippen LogP) is 3.01. The van der Waals surface area contributed by atoms with Gasteiger partial charge in [-0.1, -0.05) is 15.9 Å². The number of aliphatic carboxylic acids is 1. The van der Waals surface area contributed by atoms with Crippen LogP contribution in [0.1, 0.15) is 0 Å². The van der Waals surface area contributed by atoms with Crippen molar-refractivity contribution in [3.05, 3.63) is 27.1 Å². The number of alkyl halides is 1. The number of rotatable bonds is 4. The highest BCUT2D eigenvalue weighted by Gasteiger charge is 2.20. The van der Waals surface area contributed by atoms with E-state index in [-0.39, 0.29) is 0 Å². The molecule has 82 valence electrons. The molecule has 0 aliphatic heterocycles. The second-order valence-corrected chi connectivity index (χ2v) is 4.44. The molecule has 0 saturated heterocycles. The van der Waals surface area contributed by atoms with Gasteiger partial charge in [-0.3, -0.25) is 0 Å². The van der Waals surface area contributed by atoms with E-state index in [1.54, 1.807) is 18.2 Å². The molecular formula is C9H7Br2FO3. The molecule has 1 aromatic carbocycles. The average molecular weight is 342 g/mol. The number of carboxylic acid groups (broad SMARTS) is 1. The maximum atomic E-state index is 12.3. The van der Waals surface area contributed by atoms with E-state index in [2.05, 4.69) is 31.9 Å². The minimum Gasteiger partial charge on any atom is -0.478 e. The van der Waals surface area contributed by atoms with Crippen molar-refractivity contribution in [2.75, 3.05) is 6.67 Å². The van der Waals surface area contributed by atoms with Gasteiger partial charge in [-0.25, -0.2) is 9.18 Å². The van der Waals surface area contributed by atoms with Crippen molar-refractivity contribution < 1.29 is 19.0 Å². The summed E-state index contributed by atoms with van der Waals surface area (Å²) in [4.78, 5) is 10.5. The number of hydrogen-bond acceptors (Lipinski definition) is 2. The van der Waals surface area contributed by atoms with Crippen LogP contribution >= 0.6 is 31.9 Å². The minimum atomic E-state index is -1.47. The summed E-state index contributed by atoms with van der Waals surface area (Å²) in [5.74, 6) is -1.03. The van der Waals surface area contributed by atoms with E-state index in [0.717, 1.165) is 4.47 Å². The van der Waals surface area contributed by atoms with Gasteiger partial charge in [-0.2, -0.15) is 0 Å². The fourth-order valence-electron chi connectivity index (χ4n) is 0.872. The second-order valence-electron chi connectivity index (χ2n) is 2.67. The molecule has 0 aliphatic rings.